The molecule has 2 atom stereocenters. The molecule has 0 aliphatic rings. The minimum atomic E-state index is -4.81. The zero-order valence-corrected chi connectivity index (χ0v) is 11.8. The predicted octanol–water partition coefficient (Wildman–Crippen LogP) is 4.10. The number of ketones is 1. The number of Topliss-reactive ketones (excluding diaryl/α,β-unsaturated/α-hetero) is 1. The molecule has 0 unspecified atom stereocenters. The van der Waals surface area contributed by atoms with Crippen molar-refractivity contribution in [2.75, 3.05) is 0 Å². The van der Waals surface area contributed by atoms with Crippen LogP contribution in [-0.2, 0) is 0 Å². The van der Waals surface area contributed by atoms with Gasteiger partial charge < -0.3 is 5.11 Å². The van der Waals surface area contributed by atoms with E-state index in [1.165, 1.54) is 12.1 Å². The molecule has 0 saturated carbocycles. The van der Waals surface area contributed by atoms with Crippen molar-refractivity contribution < 1.29 is 23.1 Å². The van der Waals surface area contributed by atoms with Gasteiger partial charge in [0, 0.05) is 5.56 Å². The second-order valence-corrected chi connectivity index (χ2v) is 5.08. The van der Waals surface area contributed by atoms with Crippen LogP contribution in [0.2, 0.25) is 0 Å². The Labute approximate surface area is 126 Å². The summed E-state index contributed by atoms with van der Waals surface area (Å²) in [4.78, 5) is 12.0. The summed E-state index contributed by atoms with van der Waals surface area (Å²) in [6.07, 6.45) is -7.47. The second-order valence-electron chi connectivity index (χ2n) is 5.08. The van der Waals surface area contributed by atoms with E-state index in [1.54, 1.807) is 12.1 Å². The Morgan fingerprint density at radius 2 is 1.45 bits per heavy atom. The van der Waals surface area contributed by atoms with Crippen LogP contribution in [-0.4, -0.2) is 23.2 Å². The summed E-state index contributed by atoms with van der Waals surface area (Å²) in [5.74, 6) is -2.27. The summed E-state index contributed by atoms with van der Waals surface area (Å²) < 4.78 is 37.4. The fourth-order valence-electron chi connectivity index (χ4n) is 2.15. The molecule has 5 heteroatoms. The maximum atomic E-state index is 12.5. The van der Waals surface area contributed by atoms with Gasteiger partial charge in [0.25, 0.3) is 0 Å². The van der Waals surface area contributed by atoms with Crippen LogP contribution in [0.5, 0.6) is 0 Å². The van der Waals surface area contributed by atoms with Gasteiger partial charge in [0.15, 0.2) is 11.9 Å². The molecule has 2 aromatic carbocycles. The molecule has 0 saturated heterocycles. The van der Waals surface area contributed by atoms with Crippen LogP contribution in [0.4, 0.5) is 13.2 Å². The number of carbonyl (C=O) groups excluding carboxylic acids is 1. The molecule has 22 heavy (non-hydrogen) atoms. The van der Waals surface area contributed by atoms with Crippen molar-refractivity contribution in [3.8, 4) is 11.1 Å². The second kappa shape index (κ2) is 6.32. The summed E-state index contributed by atoms with van der Waals surface area (Å²) in [7, 11) is 0. The zero-order chi connectivity index (χ0) is 16.3. The van der Waals surface area contributed by atoms with Crippen molar-refractivity contribution in [1.82, 2.24) is 0 Å². The van der Waals surface area contributed by atoms with E-state index in [-0.39, 0.29) is 5.56 Å². The highest BCUT2D eigenvalue weighted by Gasteiger charge is 2.44. The first-order valence-corrected chi connectivity index (χ1v) is 6.75. The molecule has 2 aromatic rings. The molecule has 0 amide bonds. The average molecular weight is 308 g/mol. The van der Waals surface area contributed by atoms with E-state index in [4.69, 9.17) is 0 Å². The molecule has 0 radical (unpaired) electrons. The molecular weight excluding hydrogens is 293 g/mol. The van der Waals surface area contributed by atoms with Crippen molar-refractivity contribution >= 4 is 5.78 Å². The quantitative estimate of drug-likeness (QED) is 0.864. The lowest BCUT2D eigenvalue weighted by Crippen LogP contribution is -2.38. The first-order chi connectivity index (χ1) is 10.3. The van der Waals surface area contributed by atoms with Gasteiger partial charge in [-0.25, -0.2) is 0 Å². The normalized spacial score (nSPS) is 14.4. The van der Waals surface area contributed by atoms with E-state index in [2.05, 4.69) is 0 Å². The predicted molar refractivity (Wildman–Crippen MR) is 77.4 cm³/mol. The number of rotatable bonds is 4. The van der Waals surface area contributed by atoms with E-state index < -0.39 is 24.0 Å². The Kier molecular flexibility index (Phi) is 4.66. The van der Waals surface area contributed by atoms with E-state index in [0.29, 0.717) is 0 Å². The third-order valence-corrected chi connectivity index (χ3v) is 3.50. The lowest BCUT2D eigenvalue weighted by molar-refractivity contribution is -0.212. The van der Waals surface area contributed by atoms with Gasteiger partial charge in [-0.15, -0.1) is 0 Å². The van der Waals surface area contributed by atoms with Crippen LogP contribution >= 0.6 is 0 Å². The number of hydrogen-bond acceptors (Lipinski definition) is 2. The van der Waals surface area contributed by atoms with Gasteiger partial charge in [-0.1, -0.05) is 61.5 Å². The summed E-state index contributed by atoms with van der Waals surface area (Å²) in [5.41, 5.74) is 1.96. The molecule has 0 fully saturated rings. The molecule has 116 valence electrons. The van der Waals surface area contributed by atoms with Gasteiger partial charge in [-0.05, 0) is 11.1 Å². The lowest BCUT2D eigenvalue weighted by atomic mass is 9.93. The molecular formula is C17H15F3O2. The van der Waals surface area contributed by atoms with Crippen LogP contribution in [0.25, 0.3) is 11.1 Å². The van der Waals surface area contributed by atoms with Gasteiger partial charge in [0.05, 0.1) is 5.92 Å². The third-order valence-electron chi connectivity index (χ3n) is 3.50. The summed E-state index contributed by atoms with van der Waals surface area (Å²) in [6.45, 7) is 1.07. The van der Waals surface area contributed by atoms with Crippen molar-refractivity contribution in [2.45, 2.75) is 19.2 Å². The first kappa shape index (κ1) is 16.2. The van der Waals surface area contributed by atoms with Gasteiger partial charge in [0.2, 0.25) is 0 Å². The van der Waals surface area contributed by atoms with E-state index >= 15 is 0 Å². The zero-order valence-electron chi connectivity index (χ0n) is 11.8. The maximum absolute atomic E-state index is 12.5. The van der Waals surface area contributed by atoms with Gasteiger partial charge in [-0.2, -0.15) is 13.2 Å². The summed E-state index contributed by atoms with van der Waals surface area (Å²) in [5, 5.41) is 9.17. The third kappa shape index (κ3) is 3.54. The largest absolute Gasteiger partial charge is 0.415 e. The highest BCUT2D eigenvalue weighted by Crippen LogP contribution is 2.28. The minimum absolute atomic E-state index is 0.149. The summed E-state index contributed by atoms with van der Waals surface area (Å²) in [6, 6.07) is 15.7. The van der Waals surface area contributed by atoms with Crippen LogP contribution in [0.1, 0.15) is 17.3 Å². The smallest absolute Gasteiger partial charge is 0.383 e. The van der Waals surface area contributed by atoms with Crippen molar-refractivity contribution in [3.63, 3.8) is 0 Å². The number of aliphatic hydroxyl groups is 1. The Morgan fingerprint density at radius 1 is 0.955 bits per heavy atom. The van der Waals surface area contributed by atoms with Gasteiger partial charge in [-0.3, -0.25) is 4.79 Å². The van der Waals surface area contributed by atoms with Crippen molar-refractivity contribution in [1.29, 1.82) is 0 Å². The molecule has 2 rings (SSSR count). The highest BCUT2D eigenvalue weighted by molar-refractivity contribution is 5.98. The molecule has 0 aromatic heterocycles. The molecule has 0 aliphatic carbocycles. The van der Waals surface area contributed by atoms with Gasteiger partial charge >= 0.3 is 6.18 Å². The van der Waals surface area contributed by atoms with E-state index in [9.17, 15) is 23.1 Å². The van der Waals surface area contributed by atoms with Crippen molar-refractivity contribution in [2.24, 2.45) is 5.92 Å². The number of halogens is 3. The number of benzene rings is 2. The number of alkyl halides is 3. The Hall–Kier alpha value is -2.14. The molecule has 0 bridgehead atoms. The monoisotopic (exact) mass is 308 g/mol. The van der Waals surface area contributed by atoms with Crippen LogP contribution in [0.3, 0.4) is 0 Å². The van der Waals surface area contributed by atoms with Crippen molar-refractivity contribution in [3.05, 3.63) is 60.2 Å². The summed E-state index contributed by atoms with van der Waals surface area (Å²) >= 11 is 0. The minimum Gasteiger partial charge on any atom is -0.383 e. The SMILES string of the molecule is C[C@@H](C(=O)c1ccc(-c2ccccc2)cc1)[C@H](O)C(F)(F)F. The number of carbonyl (C=O) groups is 1. The lowest BCUT2D eigenvalue weighted by Gasteiger charge is -2.20. The Bertz CT molecular complexity index is 633. The van der Waals surface area contributed by atoms with Crippen LogP contribution in [0, 0.1) is 5.92 Å². The maximum Gasteiger partial charge on any atom is 0.415 e. The fraction of sp³-hybridized carbons (Fsp3) is 0.235. The molecule has 0 spiro atoms. The highest BCUT2D eigenvalue weighted by atomic mass is 19.4. The molecule has 0 aliphatic heterocycles. The first-order valence-electron chi connectivity index (χ1n) is 6.75. The standard InChI is InChI=1S/C17H15F3O2/c1-11(16(22)17(18,19)20)15(21)14-9-7-13(8-10-14)12-5-3-2-4-6-12/h2-11,16,22H,1H3/t11-,16-/m0/s1. The van der Waals surface area contributed by atoms with E-state index in [1.807, 2.05) is 30.3 Å². The molecule has 1 N–H and O–H groups in total. The average Bonchev–Trinajstić information content (AvgIpc) is 2.53. The molecule has 2 nitrogen and oxygen atoms in total. The van der Waals surface area contributed by atoms with Crippen LogP contribution in [0.15, 0.2) is 54.6 Å². The van der Waals surface area contributed by atoms with Crippen LogP contribution < -0.4 is 0 Å². The topological polar surface area (TPSA) is 37.3 Å². The van der Waals surface area contributed by atoms with Gasteiger partial charge in [0.1, 0.15) is 0 Å². The van der Waals surface area contributed by atoms with E-state index in [0.717, 1.165) is 18.1 Å². The Morgan fingerprint density at radius 3 is 1.95 bits per heavy atom. The fourth-order valence-corrected chi connectivity index (χ4v) is 2.15. The number of aliphatic hydroxyl groups excluding tert-OH is 1. The molecule has 0 heterocycles. The number of hydrogen-bond donors (Lipinski definition) is 1. The Balaban J connectivity index is 2.18.